The SMILES string of the molecule is Cn1c(Cc2cccs2)nnc1SCC(=O)N(CCC#N)c1ccc(F)cc1. The van der Waals surface area contributed by atoms with Gasteiger partial charge in [-0.3, -0.25) is 4.79 Å². The van der Waals surface area contributed by atoms with Gasteiger partial charge in [0.25, 0.3) is 0 Å². The normalized spacial score (nSPS) is 10.6. The number of nitrogens with zero attached hydrogens (tertiary/aromatic N) is 5. The summed E-state index contributed by atoms with van der Waals surface area (Å²) in [4.78, 5) is 15.4. The van der Waals surface area contributed by atoms with Crippen LogP contribution in [0.3, 0.4) is 0 Å². The second-order valence-corrected chi connectivity index (χ2v) is 7.91. The number of hydrogen-bond acceptors (Lipinski definition) is 6. The van der Waals surface area contributed by atoms with Crippen molar-refractivity contribution in [2.24, 2.45) is 7.05 Å². The van der Waals surface area contributed by atoms with Gasteiger partial charge in [0.1, 0.15) is 11.6 Å². The number of anilines is 1. The van der Waals surface area contributed by atoms with E-state index in [0.717, 1.165) is 5.82 Å². The highest BCUT2D eigenvalue weighted by Crippen LogP contribution is 2.22. The Hall–Kier alpha value is -2.70. The fourth-order valence-electron chi connectivity index (χ4n) is 2.58. The van der Waals surface area contributed by atoms with Crippen LogP contribution >= 0.6 is 23.1 Å². The van der Waals surface area contributed by atoms with Crippen LogP contribution in [-0.2, 0) is 18.3 Å². The summed E-state index contributed by atoms with van der Waals surface area (Å²) in [5.41, 5.74) is 0.568. The lowest BCUT2D eigenvalue weighted by molar-refractivity contribution is -0.116. The van der Waals surface area contributed by atoms with E-state index in [4.69, 9.17) is 5.26 Å². The zero-order valence-electron chi connectivity index (χ0n) is 15.2. The Kier molecular flexibility index (Phi) is 6.79. The lowest BCUT2D eigenvalue weighted by Gasteiger charge is -2.21. The molecule has 3 aromatic rings. The molecular weight excluding hydrogens is 397 g/mol. The summed E-state index contributed by atoms with van der Waals surface area (Å²) >= 11 is 2.96. The van der Waals surface area contributed by atoms with E-state index in [1.54, 1.807) is 11.3 Å². The Morgan fingerprint density at radius 1 is 1.32 bits per heavy atom. The largest absolute Gasteiger partial charge is 0.311 e. The third kappa shape index (κ3) is 4.97. The van der Waals surface area contributed by atoms with Crippen molar-refractivity contribution >= 4 is 34.7 Å². The molecule has 3 rings (SSSR count). The molecule has 0 spiro atoms. The number of rotatable bonds is 8. The molecule has 28 heavy (non-hydrogen) atoms. The van der Waals surface area contributed by atoms with E-state index in [-0.39, 0.29) is 30.4 Å². The molecule has 0 aliphatic heterocycles. The van der Waals surface area contributed by atoms with Gasteiger partial charge >= 0.3 is 0 Å². The van der Waals surface area contributed by atoms with Gasteiger partial charge in [0.2, 0.25) is 5.91 Å². The van der Waals surface area contributed by atoms with Gasteiger partial charge in [-0.15, -0.1) is 21.5 Å². The standard InChI is InChI=1S/C19H18FN5OS2/c1-24-17(12-16-4-2-11-27-16)22-23-19(24)28-13-18(26)25(10-3-9-21)15-7-5-14(20)6-8-15/h2,4-8,11H,3,10,12-13H2,1H3. The third-order valence-corrected chi connectivity index (χ3v) is 5.93. The van der Waals surface area contributed by atoms with E-state index in [1.165, 1.54) is 45.8 Å². The lowest BCUT2D eigenvalue weighted by Crippen LogP contribution is -2.33. The van der Waals surface area contributed by atoms with E-state index in [2.05, 4.69) is 10.2 Å². The van der Waals surface area contributed by atoms with E-state index >= 15 is 0 Å². The maximum atomic E-state index is 13.2. The van der Waals surface area contributed by atoms with Crippen molar-refractivity contribution < 1.29 is 9.18 Å². The van der Waals surface area contributed by atoms with Crippen LogP contribution in [-0.4, -0.2) is 33.0 Å². The minimum Gasteiger partial charge on any atom is -0.311 e. The molecule has 0 saturated heterocycles. The monoisotopic (exact) mass is 415 g/mol. The number of benzene rings is 1. The van der Waals surface area contributed by atoms with Crippen LogP contribution in [0.25, 0.3) is 0 Å². The highest BCUT2D eigenvalue weighted by atomic mass is 32.2. The first-order valence-electron chi connectivity index (χ1n) is 8.55. The fourth-order valence-corrected chi connectivity index (χ4v) is 4.09. The Morgan fingerprint density at radius 2 is 2.11 bits per heavy atom. The van der Waals surface area contributed by atoms with Gasteiger partial charge in [-0.2, -0.15) is 5.26 Å². The molecule has 1 aromatic carbocycles. The number of aromatic nitrogens is 3. The zero-order chi connectivity index (χ0) is 19.9. The number of halogens is 1. The van der Waals surface area contributed by atoms with Crippen LogP contribution in [0.2, 0.25) is 0 Å². The Balaban J connectivity index is 1.66. The minimum absolute atomic E-state index is 0.147. The molecule has 2 aromatic heterocycles. The molecule has 0 unspecified atom stereocenters. The predicted molar refractivity (Wildman–Crippen MR) is 108 cm³/mol. The second-order valence-electron chi connectivity index (χ2n) is 5.93. The van der Waals surface area contributed by atoms with Crippen LogP contribution in [0.4, 0.5) is 10.1 Å². The third-order valence-electron chi connectivity index (χ3n) is 4.05. The summed E-state index contributed by atoms with van der Waals surface area (Å²) < 4.78 is 15.1. The van der Waals surface area contributed by atoms with Crippen molar-refractivity contribution in [1.82, 2.24) is 14.8 Å². The minimum atomic E-state index is -0.372. The van der Waals surface area contributed by atoms with Gasteiger partial charge in [-0.25, -0.2) is 4.39 Å². The molecule has 0 atom stereocenters. The number of carbonyl (C=O) groups is 1. The molecule has 0 fully saturated rings. The Labute approximate surface area is 170 Å². The van der Waals surface area contributed by atoms with E-state index in [0.29, 0.717) is 17.3 Å². The molecular formula is C19H18FN5OS2. The van der Waals surface area contributed by atoms with Crippen molar-refractivity contribution in [3.8, 4) is 6.07 Å². The molecule has 0 saturated carbocycles. The average molecular weight is 416 g/mol. The topological polar surface area (TPSA) is 74.8 Å². The van der Waals surface area contributed by atoms with Crippen LogP contribution in [0.5, 0.6) is 0 Å². The maximum absolute atomic E-state index is 13.2. The van der Waals surface area contributed by atoms with E-state index < -0.39 is 0 Å². The first-order chi connectivity index (χ1) is 13.6. The van der Waals surface area contributed by atoms with Crippen molar-refractivity contribution in [1.29, 1.82) is 5.26 Å². The molecule has 0 bridgehead atoms. The highest BCUT2D eigenvalue weighted by molar-refractivity contribution is 7.99. The van der Waals surface area contributed by atoms with Crippen molar-refractivity contribution in [3.05, 3.63) is 58.3 Å². The second kappa shape index (κ2) is 9.48. The van der Waals surface area contributed by atoms with Crippen LogP contribution < -0.4 is 4.90 Å². The summed E-state index contributed by atoms with van der Waals surface area (Å²) in [6.07, 6.45) is 0.891. The Morgan fingerprint density at radius 3 is 2.79 bits per heavy atom. The van der Waals surface area contributed by atoms with Gasteiger partial charge in [0.15, 0.2) is 5.16 Å². The lowest BCUT2D eigenvalue weighted by atomic mass is 10.2. The number of hydrogen-bond donors (Lipinski definition) is 0. The number of amides is 1. The summed E-state index contributed by atoms with van der Waals surface area (Å²) in [7, 11) is 1.88. The zero-order valence-corrected chi connectivity index (χ0v) is 16.8. The molecule has 0 aliphatic rings. The molecule has 6 nitrogen and oxygen atoms in total. The highest BCUT2D eigenvalue weighted by Gasteiger charge is 2.18. The molecule has 2 heterocycles. The summed E-state index contributed by atoms with van der Waals surface area (Å²) in [6, 6.07) is 11.8. The van der Waals surface area contributed by atoms with Crippen molar-refractivity contribution in [2.75, 3.05) is 17.2 Å². The first kappa shape index (κ1) is 20.0. The Bertz CT molecular complexity index is 963. The fraction of sp³-hybridized carbons (Fsp3) is 0.263. The quantitative estimate of drug-likeness (QED) is 0.525. The van der Waals surface area contributed by atoms with Gasteiger partial charge in [-0.05, 0) is 35.7 Å². The average Bonchev–Trinajstić information content (AvgIpc) is 3.33. The smallest absolute Gasteiger partial charge is 0.237 e. The van der Waals surface area contributed by atoms with Gasteiger partial charge < -0.3 is 9.47 Å². The molecule has 0 aliphatic carbocycles. The predicted octanol–water partition coefficient (Wildman–Crippen LogP) is 3.65. The molecule has 0 radical (unpaired) electrons. The molecule has 0 N–H and O–H groups in total. The maximum Gasteiger partial charge on any atom is 0.237 e. The van der Waals surface area contributed by atoms with Crippen molar-refractivity contribution in [3.63, 3.8) is 0 Å². The molecule has 9 heteroatoms. The number of nitriles is 1. The number of thiophene rings is 1. The van der Waals surface area contributed by atoms with Gasteiger partial charge in [-0.1, -0.05) is 17.8 Å². The first-order valence-corrected chi connectivity index (χ1v) is 10.4. The van der Waals surface area contributed by atoms with E-state index in [9.17, 15) is 9.18 Å². The molecule has 144 valence electrons. The van der Waals surface area contributed by atoms with Crippen LogP contribution in [0.1, 0.15) is 17.1 Å². The number of carbonyl (C=O) groups excluding carboxylic acids is 1. The van der Waals surface area contributed by atoms with Crippen LogP contribution in [0, 0.1) is 17.1 Å². The molecule has 1 amide bonds. The van der Waals surface area contributed by atoms with Crippen molar-refractivity contribution in [2.45, 2.75) is 18.0 Å². The van der Waals surface area contributed by atoms with E-state index in [1.807, 2.05) is 35.2 Å². The number of thioether (sulfide) groups is 1. The summed E-state index contributed by atoms with van der Waals surface area (Å²) in [5.74, 6) is 0.434. The van der Waals surface area contributed by atoms with Crippen LogP contribution in [0.15, 0.2) is 46.9 Å². The van der Waals surface area contributed by atoms with Gasteiger partial charge in [0.05, 0.1) is 18.2 Å². The summed E-state index contributed by atoms with van der Waals surface area (Å²) in [6.45, 7) is 0.254. The summed E-state index contributed by atoms with van der Waals surface area (Å²) in [5, 5.41) is 19.9. The van der Waals surface area contributed by atoms with Gasteiger partial charge in [0, 0.05) is 30.6 Å².